The van der Waals surface area contributed by atoms with Crippen molar-refractivity contribution in [3.63, 3.8) is 0 Å². The van der Waals surface area contributed by atoms with Gasteiger partial charge in [0.25, 0.3) is 0 Å². The van der Waals surface area contributed by atoms with E-state index in [1.165, 1.54) is 25.7 Å². The molecule has 0 spiro atoms. The molecule has 270 valence electrons. The summed E-state index contributed by atoms with van der Waals surface area (Å²) in [6, 6.07) is 0. The van der Waals surface area contributed by atoms with Crippen LogP contribution in [0.15, 0.2) is 0 Å². The van der Waals surface area contributed by atoms with Crippen LogP contribution in [0.25, 0.3) is 0 Å². The van der Waals surface area contributed by atoms with Crippen molar-refractivity contribution in [1.29, 1.82) is 0 Å². The molecule has 0 unspecified atom stereocenters. The molecule has 0 bridgehead atoms. The summed E-state index contributed by atoms with van der Waals surface area (Å²) in [5, 5.41) is 0. The van der Waals surface area contributed by atoms with Crippen LogP contribution in [0.2, 0.25) is 0 Å². The van der Waals surface area contributed by atoms with Gasteiger partial charge >= 0.3 is 21.1 Å². The predicted molar refractivity (Wildman–Crippen MR) is 219 cm³/mol. The van der Waals surface area contributed by atoms with Gasteiger partial charge in [-0.05, 0) is 20.8 Å². The topological polar surface area (TPSA) is 0 Å². The first-order valence-corrected chi connectivity index (χ1v) is 12.0. The van der Waals surface area contributed by atoms with Crippen LogP contribution in [-0.2, 0) is 21.1 Å². The number of hydrogen-bond acceptors (Lipinski definition) is 0. The van der Waals surface area contributed by atoms with Gasteiger partial charge in [0, 0.05) is 0 Å². The van der Waals surface area contributed by atoms with Gasteiger partial charge in [-0.1, -0.05) is 181 Å². The van der Waals surface area contributed by atoms with Crippen LogP contribution in [0, 0.1) is 66.7 Å². The molecule has 0 N–H and O–H groups in total. The second kappa shape index (κ2) is 1320. The zero-order chi connectivity index (χ0) is 26.9. The average Bonchev–Trinajstić information content (AvgIpc) is 2.78. The van der Waals surface area contributed by atoms with Crippen LogP contribution in [0.1, 0.15) is 202 Å². The fourth-order valence-corrected chi connectivity index (χ4v) is 0. The van der Waals surface area contributed by atoms with E-state index in [0.717, 1.165) is 0 Å². The Labute approximate surface area is 288 Å². The van der Waals surface area contributed by atoms with Crippen molar-refractivity contribution in [2.45, 2.75) is 202 Å². The summed E-state index contributed by atoms with van der Waals surface area (Å²) < 4.78 is 0. The molecule has 0 fully saturated rings. The van der Waals surface area contributed by atoms with E-state index in [1.54, 1.807) is 6.92 Å². The molecule has 0 nitrogen and oxygen atoms in total. The van der Waals surface area contributed by atoms with Gasteiger partial charge in [-0.3, -0.25) is 0 Å². The molecule has 0 aromatic rings. The predicted octanol–water partition coefficient (Wildman–Crippen LogP) is 17.3. The maximum atomic E-state index is 4.60. The Morgan fingerprint density at radius 2 is 0.400 bits per heavy atom. The minimum Gasteiger partial charge on any atom is -0.358 e. The Morgan fingerprint density at radius 3 is 0.400 bits per heavy atom. The second-order valence-corrected chi connectivity index (χ2v) is 3.62. The van der Waals surface area contributed by atoms with E-state index >= 15 is 0 Å². The average molecular weight is 768 g/mol. The van der Waals surface area contributed by atoms with Crippen molar-refractivity contribution in [3.05, 3.63) is 29.7 Å². The maximum Gasteiger partial charge on any atom is 4.00 e. The number of terminal acetylenes is 2. The van der Waals surface area contributed by atoms with Crippen molar-refractivity contribution >= 4 is 0 Å². The third-order valence-electron chi connectivity index (χ3n) is 0.250. The Hall–Kier alpha value is -0.632. The summed E-state index contributed by atoms with van der Waals surface area (Å²) in [6.07, 6.45) is 17.6. The smallest absolute Gasteiger partial charge is 0.358 e. The number of rotatable bonds is 0. The number of hydrogen-bond donors (Lipinski definition) is 0. The molecular formula is C39H104Pt. The molecule has 0 atom stereocenters. The SMILES string of the molecule is C.C.C.C.C.C.C#C.C#CC.CC.CC.CC.CC.CC#CC.CCC.CCC.CCC.CCC.[CH3-].[CH3-].[CH3-].[CH3-].[Pt+4]. The summed E-state index contributed by atoms with van der Waals surface area (Å²) in [6.45, 7) is 38.3. The van der Waals surface area contributed by atoms with Gasteiger partial charge in [0.2, 0.25) is 0 Å². The van der Waals surface area contributed by atoms with Crippen molar-refractivity contribution in [2.24, 2.45) is 0 Å². The monoisotopic (exact) mass is 768 g/mol. The van der Waals surface area contributed by atoms with Gasteiger partial charge in [-0.25, -0.2) is 0 Å². The van der Waals surface area contributed by atoms with Crippen molar-refractivity contribution in [2.75, 3.05) is 0 Å². The molecule has 0 amide bonds. The van der Waals surface area contributed by atoms with E-state index in [9.17, 15) is 0 Å². The molecule has 0 radical (unpaired) electrons. The molecular weight excluding hydrogens is 664 g/mol. The third kappa shape index (κ3) is 364000. The molecule has 0 aliphatic carbocycles. The molecule has 0 rings (SSSR count). The van der Waals surface area contributed by atoms with Crippen LogP contribution in [0.5, 0.6) is 0 Å². The van der Waals surface area contributed by atoms with Crippen molar-refractivity contribution in [3.8, 4) is 37.0 Å². The van der Waals surface area contributed by atoms with E-state index in [-0.39, 0.29) is 95.3 Å². The quantitative estimate of drug-likeness (QED) is 0.170. The first-order chi connectivity index (χ1) is 14.0. The Balaban J connectivity index is -0.00000000437. The maximum absolute atomic E-state index is 4.60. The van der Waals surface area contributed by atoms with E-state index in [0.29, 0.717) is 0 Å². The van der Waals surface area contributed by atoms with Crippen LogP contribution < -0.4 is 0 Å². The van der Waals surface area contributed by atoms with Gasteiger partial charge in [0.15, 0.2) is 0 Å². The first kappa shape index (κ1) is 192. The van der Waals surface area contributed by atoms with E-state index < -0.39 is 0 Å². The molecule has 40 heavy (non-hydrogen) atoms. The van der Waals surface area contributed by atoms with Gasteiger partial charge in [0.05, 0.1) is 0 Å². The van der Waals surface area contributed by atoms with Crippen LogP contribution >= 0.6 is 0 Å². The standard InChI is InChI=1S/C4H6.4C3H8.C3H4.4C2H6.C2H2.6CH4.4CH3.Pt/c1-3-4-2;5*1-3-2;5*1-2;;;;;;;;;;;/h1-2H3;4*3H2,1-2H3;1H,2H3;4*1-2H3;1-2H;6*1H4;4*1H3;/q;;;;;;;;;;;;;;;;;4*-1;+4. The van der Waals surface area contributed by atoms with E-state index in [1.807, 2.05) is 69.2 Å². The summed E-state index contributed by atoms with van der Waals surface area (Å²) in [5.74, 6) is 7.61. The largest absolute Gasteiger partial charge is 4.00 e. The first-order valence-electron chi connectivity index (χ1n) is 12.0. The van der Waals surface area contributed by atoms with E-state index in [2.05, 4.69) is 92.4 Å². The van der Waals surface area contributed by atoms with Crippen molar-refractivity contribution < 1.29 is 21.1 Å². The summed E-state index contributed by atoms with van der Waals surface area (Å²) in [4.78, 5) is 0. The molecule has 1 heteroatoms. The molecule has 0 saturated carbocycles. The zero-order valence-corrected chi connectivity index (χ0v) is 31.6. The van der Waals surface area contributed by atoms with Crippen LogP contribution in [-0.4, -0.2) is 0 Å². The Bertz CT molecular complexity index is 160. The van der Waals surface area contributed by atoms with Crippen LogP contribution in [0.3, 0.4) is 0 Å². The molecule has 0 saturated heterocycles. The van der Waals surface area contributed by atoms with E-state index in [4.69, 9.17) is 0 Å². The molecule has 0 heterocycles. The Morgan fingerprint density at radius 1 is 0.375 bits per heavy atom. The Kier molecular flexibility index (Phi) is 6350. The van der Waals surface area contributed by atoms with Gasteiger partial charge in [-0.15, -0.1) is 37.0 Å². The fraction of sp³-hybridized carbons (Fsp3) is 0.744. The van der Waals surface area contributed by atoms with Crippen LogP contribution in [0.4, 0.5) is 0 Å². The summed E-state index contributed by atoms with van der Waals surface area (Å²) >= 11 is 0. The summed E-state index contributed by atoms with van der Waals surface area (Å²) in [7, 11) is 0. The third-order valence-corrected chi connectivity index (χ3v) is 0.250. The fourth-order valence-electron chi connectivity index (χ4n) is 0. The van der Waals surface area contributed by atoms with Gasteiger partial charge in [0.1, 0.15) is 0 Å². The molecule has 0 aliphatic rings. The molecule has 0 aromatic carbocycles. The molecule has 0 aliphatic heterocycles. The second-order valence-electron chi connectivity index (χ2n) is 3.62. The minimum atomic E-state index is 0. The molecule has 0 aromatic heterocycles. The van der Waals surface area contributed by atoms with Crippen molar-refractivity contribution in [1.82, 2.24) is 0 Å². The van der Waals surface area contributed by atoms with Gasteiger partial charge < -0.3 is 29.7 Å². The minimum absolute atomic E-state index is 0. The zero-order valence-electron chi connectivity index (χ0n) is 29.4. The van der Waals surface area contributed by atoms with Gasteiger partial charge in [-0.2, -0.15) is 0 Å². The normalized spacial score (nSPS) is 3.00. The summed E-state index contributed by atoms with van der Waals surface area (Å²) in [5.41, 5.74) is 0.